The molecule has 0 aromatic heterocycles. The Labute approximate surface area is 105 Å². The number of unbranched alkanes of at least 4 members (excludes halogenated alkanes) is 7. The van der Waals surface area contributed by atoms with Crippen LogP contribution in [0.5, 0.6) is 0 Å². The van der Waals surface area contributed by atoms with Gasteiger partial charge in [0.15, 0.2) is 0 Å². The minimum atomic E-state index is -0.107. The Morgan fingerprint density at radius 2 is 1.56 bits per heavy atom. The Kier molecular flexibility index (Phi) is 12.7. The second kappa shape index (κ2) is 12.9. The number of thioether (sulfide) groups is 1. The van der Waals surface area contributed by atoms with Crippen molar-refractivity contribution >= 4 is 17.7 Å². The van der Waals surface area contributed by atoms with Crippen LogP contribution in [0.15, 0.2) is 0 Å². The minimum absolute atomic E-state index is 0.107. The normalized spacial score (nSPS) is 10.4. The molecular formula is C13H26O2S. The molecule has 0 unspecified atom stereocenters. The van der Waals surface area contributed by atoms with Gasteiger partial charge in [-0.05, 0) is 12.2 Å². The lowest BCUT2D eigenvalue weighted by Gasteiger charge is -2.01. The molecule has 0 aliphatic carbocycles. The van der Waals surface area contributed by atoms with E-state index in [1.54, 1.807) is 11.8 Å². The first-order valence-electron chi connectivity index (χ1n) is 6.45. The molecule has 0 N–H and O–H groups in total. The molecule has 16 heavy (non-hydrogen) atoms. The molecule has 0 aromatic carbocycles. The maximum atomic E-state index is 10.8. The molecule has 96 valence electrons. The van der Waals surface area contributed by atoms with Crippen molar-refractivity contribution in [2.45, 2.75) is 58.3 Å². The van der Waals surface area contributed by atoms with E-state index in [2.05, 4.69) is 11.7 Å². The first kappa shape index (κ1) is 15.8. The molecule has 0 atom stereocenters. The van der Waals surface area contributed by atoms with Gasteiger partial charge in [0.1, 0.15) is 0 Å². The van der Waals surface area contributed by atoms with Crippen LogP contribution in [0.3, 0.4) is 0 Å². The molecule has 0 spiro atoms. The molecule has 0 bridgehead atoms. The number of hydrogen-bond donors (Lipinski definition) is 0. The van der Waals surface area contributed by atoms with Crippen molar-refractivity contribution in [2.24, 2.45) is 0 Å². The van der Waals surface area contributed by atoms with Crippen LogP contribution >= 0.6 is 11.8 Å². The van der Waals surface area contributed by atoms with Crippen molar-refractivity contribution in [3.05, 3.63) is 0 Å². The first-order chi connectivity index (χ1) is 7.81. The average molecular weight is 246 g/mol. The van der Waals surface area contributed by atoms with Gasteiger partial charge in [-0.1, -0.05) is 51.9 Å². The summed E-state index contributed by atoms with van der Waals surface area (Å²) in [7, 11) is 1.44. The fraction of sp³-hybridized carbons (Fsp3) is 0.923. The van der Waals surface area contributed by atoms with Gasteiger partial charge in [0.2, 0.25) is 0 Å². The number of methoxy groups -OCH3 is 1. The predicted molar refractivity (Wildman–Crippen MR) is 72.0 cm³/mol. The van der Waals surface area contributed by atoms with Crippen LogP contribution < -0.4 is 0 Å². The lowest BCUT2D eigenvalue weighted by atomic mass is 10.1. The van der Waals surface area contributed by atoms with E-state index >= 15 is 0 Å². The van der Waals surface area contributed by atoms with Crippen molar-refractivity contribution in [1.29, 1.82) is 0 Å². The fourth-order valence-electron chi connectivity index (χ4n) is 1.55. The van der Waals surface area contributed by atoms with E-state index in [0.717, 1.165) is 5.75 Å². The largest absolute Gasteiger partial charge is 0.468 e. The predicted octanol–water partition coefficient (Wildman–Crippen LogP) is 4.03. The molecule has 0 amide bonds. The first-order valence-corrected chi connectivity index (χ1v) is 7.61. The molecule has 0 heterocycles. The standard InChI is InChI=1S/C13H26O2S/c1-3-4-5-6-7-8-9-10-11-16-12-13(14)15-2/h3-12H2,1-2H3. The lowest BCUT2D eigenvalue weighted by molar-refractivity contribution is -0.137. The van der Waals surface area contributed by atoms with Gasteiger partial charge >= 0.3 is 5.97 Å². The van der Waals surface area contributed by atoms with E-state index < -0.39 is 0 Å². The lowest BCUT2D eigenvalue weighted by Crippen LogP contribution is -2.03. The molecule has 3 heteroatoms. The smallest absolute Gasteiger partial charge is 0.315 e. The highest BCUT2D eigenvalue weighted by Gasteiger charge is 1.99. The zero-order chi connectivity index (χ0) is 12.1. The van der Waals surface area contributed by atoms with Crippen LogP contribution in [0.4, 0.5) is 0 Å². The summed E-state index contributed by atoms with van der Waals surface area (Å²) in [5, 5.41) is 0. The Morgan fingerprint density at radius 3 is 2.12 bits per heavy atom. The zero-order valence-corrected chi connectivity index (χ0v) is 11.6. The van der Waals surface area contributed by atoms with Crippen molar-refractivity contribution in [3.63, 3.8) is 0 Å². The molecule has 0 radical (unpaired) electrons. The Balaban J connectivity index is 2.96. The zero-order valence-electron chi connectivity index (χ0n) is 10.8. The molecule has 2 nitrogen and oxygen atoms in total. The van der Waals surface area contributed by atoms with Gasteiger partial charge in [-0.15, -0.1) is 0 Å². The van der Waals surface area contributed by atoms with E-state index in [0.29, 0.717) is 5.75 Å². The molecule has 0 fully saturated rings. The number of esters is 1. The van der Waals surface area contributed by atoms with E-state index in [9.17, 15) is 4.79 Å². The van der Waals surface area contributed by atoms with Crippen molar-refractivity contribution in [1.82, 2.24) is 0 Å². The second-order valence-electron chi connectivity index (χ2n) is 4.10. The highest BCUT2D eigenvalue weighted by atomic mass is 32.2. The SMILES string of the molecule is CCCCCCCCCCSCC(=O)OC. The topological polar surface area (TPSA) is 26.3 Å². The molecule has 0 rings (SSSR count). The van der Waals surface area contributed by atoms with Gasteiger partial charge in [0.05, 0.1) is 12.9 Å². The van der Waals surface area contributed by atoms with Crippen LogP contribution in [0.25, 0.3) is 0 Å². The molecular weight excluding hydrogens is 220 g/mol. The molecule has 0 saturated carbocycles. The minimum Gasteiger partial charge on any atom is -0.468 e. The third-order valence-electron chi connectivity index (χ3n) is 2.59. The van der Waals surface area contributed by atoms with E-state index in [4.69, 9.17) is 0 Å². The van der Waals surface area contributed by atoms with Crippen LogP contribution in [0.2, 0.25) is 0 Å². The average Bonchev–Trinajstić information content (AvgIpc) is 2.31. The molecule has 0 saturated heterocycles. The number of carbonyl (C=O) groups is 1. The van der Waals surface area contributed by atoms with Crippen LogP contribution in [-0.4, -0.2) is 24.6 Å². The van der Waals surface area contributed by atoms with Crippen LogP contribution in [0, 0.1) is 0 Å². The highest BCUT2D eigenvalue weighted by molar-refractivity contribution is 7.99. The van der Waals surface area contributed by atoms with E-state index in [-0.39, 0.29) is 5.97 Å². The summed E-state index contributed by atoms with van der Waals surface area (Å²) in [5.74, 6) is 1.49. The number of ether oxygens (including phenoxy) is 1. The summed E-state index contributed by atoms with van der Waals surface area (Å²) >= 11 is 1.68. The van der Waals surface area contributed by atoms with Gasteiger partial charge in [-0.3, -0.25) is 4.79 Å². The second-order valence-corrected chi connectivity index (χ2v) is 5.21. The molecule has 0 aliphatic heterocycles. The summed E-state index contributed by atoms with van der Waals surface area (Å²) in [6, 6.07) is 0. The number of hydrogen-bond acceptors (Lipinski definition) is 3. The van der Waals surface area contributed by atoms with Crippen molar-refractivity contribution in [2.75, 3.05) is 18.6 Å². The van der Waals surface area contributed by atoms with Gasteiger partial charge in [-0.25, -0.2) is 0 Å². The van der Waals surface area contributed by atoms with Crippen LogP contribution in [0.1, 0.15) is 58.3 Å². The Hall–Kier alpha value is -0.180. The van der Waals surface area contributed by atoms with E-state index in [1.165, 1.54) is 58.5 Å². The highest BCUT2D eigenvalue weighted by Crippen LogP contribution is 2.11. The summed E-state index contributed by atoms with van der Waals surface area (Å²) in [6.45, 7) is 2.25. The van der Waals surface area contributed by atoms with Gasteiger partial charge in [0, 0.05) is 0 Å². The molecule has 0 aliphatic rings. The van der Waals surface area contributed by atoms with Gasteiger partial charge < -0.3 is 4.74 Å². The summed E-state index contributed by atoms with van der Waals surface area (Å²) in [5.41, 5.74) is 0. The van der Waals surface area contributed by atoms with Gasteiger partial charge in [-0.2, -0.15) is 11.8 Å². The quantitative estimate of drug-likeness (QED) is 0.406. The van der Waals surface area contributed by atoms with Crippen molar-refractivity contribution in [3.8, 4) is 0 Å². The van der Waals surface area contributed by atoms with Crippen molar-refractivity contribution < 1.29 is 9.53 Å². The maximum absolute atomic E-state index is 10.8. The summed E-state index contributed by atoms with van der Waals surface area (Å²) in [6.07, 6.45) is 10.8. The fourth-order valence-corrected chi connectivity index (χ4v) is 2.39. The summed E-state index contributed by atoms with van der Waals surface area (Å²) < 4.78 is 4.57. The van der Waals surface area contributed by atoms with Gasteiger partial charge in [0.25, 0.3) is 0 Å². The number of carbonyl (C=O) groups excluding carboxylic acids is 1. The molecule has 0 aromatic rings. The monoisotopic (exact) mass is 246 g/mol. The Morgan fingerprint density at radius 1 is 1.00 bits per heavy atom. The van der Waals surface area contributed by atoms with E-state index in [1.807, 2.05) is 0 Å². The Bertz CT molecular complexity index is 160. The third kappa shape index (κ3) is 11.9. The number of rotatable bonds is 11. The summed E-state index contributed by atoms with van der Waals surface area (Å²) in [4.78, 5) is 10.8. The maximum Gasteiger partial charge on any atom is 0.315 e. The van der Waals surface area contributed by atoms with Crippen LogP contribution in [-0.2, 0) is 9.53 Å². The third-order valence-corrected chi connectivity index (χ3v) is 3.61.